The summed E-state index contributed by atoms with van der Waals surface area (Å²) >= 11 is 3.34. The second-order valence-corrected chi connectivity index (χ2v) is 7.47. The number of alkyl halides is 1. The first kappa shape index (κ1) is 18.0. The largest absolute Gasteiger partial charge is 0.493 e. The Morgan fingerprint density at radius 1 is 1.16 bits per heavy atom. The number of carbonyl (C=O) groups is 1. The van der Waals surface area contributed by atoms with Crippen molar-refractivity contribution in [2.75, 3.05) is 17.3 Å². The number of hydrogen-bond donors (Lipinski definition) is 1. The molecule has 0 spiro atoms. The van der Waals surface area contributed by atoms with Gasteiger partial charge in [0.05, 0.1) is 12.0 Å². The van der Waals surface area contributed by atoms with Crippen LogP contribution in [0.25, 0.3) is 0 Å². The topological polar surface area (TPSA) is 38.3 Å². The van der Waals surface area contributed by atoms with E-state index in [1.807, 2.05) is 30.3 Å². The predicted molar refractivity (Wildman–Crippen MR) is 106 cm³/mol. The molecule has 0 heterocycles. The highest BCUT2D eigenvalue weighted by atomic mass is 79.9. The third kappa shape index (κ3) is 4.06. The van der Waals surface area contributed by atoms with Crippen molar-refractivity contribution >= 4 is 27.5 Å². The van der Waals surface area contributed by atoms with Crippen LogP contribution in [0.3, 0.4) is 0 Å². The van der Waals surface area contributed by atoms with E-state index >= 15 is 0 Å². The SMILES string of the molecule is Cc1cccc(C2(C(=O)Nc3ccc(OCCBr)cc3)CCCC2)c1. The zero-order valence-electron chi connectivity index (χ0n) is 14.6. The summed E-state index contributed by atoms with van der Waals surface area (Å²) in [4.78, 5) is 13.2. The summed E-state index contributed by atoms with van der Waals surface area (Å²) in [5, 5.41) is 3.92. The molecule has 3 nitrogen and oxygen atoms in total. The lowest BCUT2D eigenvalue weighted by atomic mass is 9.77. The van der Waals surface area contributed by atoms with Gasteiger partial charge in [0.1, 0.15) is 5.75 Å². The number of rotatable bonds is 6. The summed E-state index contributed by atoms with van der Waals surface area (Å²) < 4.78 is 5.56. The van der Waals surface area contributed by atoms with Crippen LogP contribution < -0.4 is 10.1 Å². The molecule has 2 aromatic carbocycles. The van der Waals surface area contributed by atoms with E-state index in [1.165, 1.54) is 5.56 Å². The molecular weight excluding hydrogens is 378 g/mol. The average Bonchev–Trinajstić information content (AvgIpc) is 3.12. The number of halogens is 1. The zero-order valence-corrected chi connectivity index (χ0v) is 16.1. The Hall–Kier alpha value is -1.81. The van der Waals surface area contributed by atoms with Gasteiger partial charge >= 0.3 is 0 Å². The second kappa shape index (κ2) is 8.05. The first-order chi connectivity index (χ1) is 12.1. The van der Waals surface area contributed by atoms with Crippen LogP contribution in [0.1, 0.15) is 36.8 Å². The molecule has 1 fully saturated rings. The highest BCUT2D eigenvalue weighted by Crippen LogP contribution is 2.42. The van der Waals surface area contributed by atoms with E-state index in [2.05, 4.69) is 46.4 Å². The van der Waals surface area contributed by atoms with E-state index in [4.69, 9.17) is 4.74 Å². The molecule has 0 atom stereocenters. The van der Waals surface area contributed by atoms with Crippen molar-refractivity contribution in [1.29, 1.82) is 0 Å². The maximum atomic E-state index is 13.2. The summed E-state index contributed by atoms with van der Waals surface area (Å²) in [6.07, 6.45) is 4.02. The molecule has 2 aromatic rings. The Morgan fingerprint density at radius 3 is 2.52 bits per heavy atom. The van der Waals surface area contributed by atoms with E-state index in [0.717, 1.165) is 48.0 Å². The first-order valence-electron chi connectivity index (χ1n) is 8.81. The quantitative estimate of drug-likeness (QED) is 0.673. The molecule has 0 radical (unpaired) electrons. The lowest BCUT2D eigenvalue weighted by molar-refractivity contribution is -0.121. The molecular formula is C21H24BrNO2. The lowest BCUT2D eigenvalue weighted by Crippen LogP contribution is -2.38. The normalized spacial score (nSPS) is 15.8. The van der Waals surface area contributed by atoms with Crippen molar-refractivity contribution in [2.45, 2.75) is 38.0 Å². The molecule has 0 bridgehead atoms. The van der Waals surface area contributed by atoms with E-state index in [9.17, 15) is 4.79 Å². The van der Waals surface area contributed by atoms with Crippen LogP contribution in [-0.2, 0) is 10.2 Å². The van der Waals surface area contributed by atoms with Crippen molar-refractivity contribution in [2.24, 2.45) is 0 Å². The minimum Gasteiger partial charge on any atom is -0.493 e. The molecule has 1 N–H and O–H groups in total. The third-order valence-electron chi connectivity index (χ3n) is 4.92. The van der Waals surface area contributed by atoms with Crippen LogP contribution in [-0.4, -0.2) is 17.8 Å². The number of nitrogens with one attached hydrogen (secondary N) is 1. The summed E-state index contributed by atoms with van der Waals surface area (Å²) in [7, 11) is 0. The van der Waals surface area contributed by atoms with Crippen LogP contribution in [0.15, 0.2) is 48.5 Å². The Balaban J connectivity index is 1.78. The summed E-state index contributed by atoms with van der Waals surface area (Å²) in [5.41, 5.74) is 2.75. The molecule has 25 heavy (non-hydrogen) atoms. The molecule has 1 saturated carbocycles. The molecule has 1 aliphatic rings. The minimum absolute atomic E-state index is 0.102. The maximum absolute atomic E-state index is 13.2. The molecule has 1 amide bonds. The molecule has 0 saturated heterocycles. The Kier molecular flexibility index (Phi) is 5.79. The molecule has 0 aromatic heterocycles. The Bertz CT molecular complexity index is 721. The van der Waals surface area contributed by atoms with Crippen molar-refractivity contribution in [1.82, 2.24) is 0 Å². The van der Waals surface area contributed by atoms with Gasteiger partial charge in [0.2, 0.25) is 5.91 Å². The van der Waals surface area contributed by atoms with Crippen molar-refractivity contribution in [3.8, 4) is 5.75 Å². The van der Waals surface area contributed by atoms with Crippen LogP contribution in [0.5, 0.6) is 5.75 Å². The number of aryl methyl sites for hydroxylation is 1. The summed E-state index contributed by atoms with van der Waals surface area (Å²) in [6.45, 7) is 2.71. The standard InChI is InChI=1S/C21H24BrNO2/c1-16-5-4-6-17(15-16)21(11-2-3-12-21)20(24)23-18-7-9-19(10-8-18)25-14-13-22/h4-10,15H,2-3,11-14H2,1H3,(H,23,24). The van der Waals surface area contributed by atoms with Gasteiger partial charge in [-0.05, 0) is 49.6 Å². The van der Waals surface area contributed by atoms with Crippen molar-refractivity contribution in [3.05, 3.63) is 59.7 Å². The zero-order chi connectivity index (χ0) is 17.7. The highest BCUT2D eigenvalue weighted by molar-refractivity contribution is 9.09. The van der Waals surface area contributed by atoms with E-state index in [1.54, 1.807) is 0 Å². The van der Waals surface area contributed by atoms with Gasteiger partial charge in [-0.15, -0.1) is 0 Å². The predicted octanol–water partition coefficient (Wildman–Crippen LogP) is 5.22. The minimum atomic E-state index is -0.406. The monoisotopic (exact) mass is 401 g/mol. The third-order valence-corrected chi connectivity index (χ3v) is 5.24. The fourth-order valence-corrected chi connectivity index (χ4v) is 3.77. The number of amides is 1. The Morgan fingerprint density at radius 2 is 1.88 bits per heavy atom. The summed E-state index contributed by atoms with van der Waals surface area (Å²) in [6, 6.07) is 16.0. The highest BCUT2D eigenvalue weighted by Gasteiger charge is 2.42. The Labute approximate surface area is 157 Å². The number of benzene rings is 2. The molecule has 1 aliphatic carbocycles. The van der Waals surface area contributed by atoms with Gasteiger partial charge < -0.3 is 10.1 Å². The van der Waals surface area contributed by atoms with Gasteiger partial charge in [0, 0.05) is 11.0 Å². The van der Waals surface area contributed by atoms with Crippen molar-refractivity contribution in [3.63, 3.8) is 0 Å². The number of carbonyl (C=O) groups excluding carboxylic acids is 1. The van der Waals surface area contributed by atoms with E-state index < -0.39 is 5.41 Å². The first-order valence-corrected chi connectivity index (χ1v) is 9.94. The molecule has 3 rings (SSSR count). The number of ether oxygens (including phenoxy) is 1. The molecule has 4 heteroatoms. The van der Waals surface area contributed by atoms with Crippen LogP contribution in [0.4, 0.5) is 5.69 Å². The van der Waals surface area contributed by atoms with E-state index in [-0.39, 0.29) is 5.91 Å². The molecule has 0 unspecified atom stereocenters. The van der Waals surface area contributed by atoms with Gasteiger partial charge in [0.25, 0.3) is 0 Å². The average molecular weight is 402 g/mol. The van der Waals surface area contributed by atoms with Crippen LogP contribution in [0.2, 0.25) is 0 Å². The maximum Gasteiger partial charge on any atom is 0.235 e. The summed E-state index contributed by atoms with van der Waals surface area (Å²) in [5.74, 6) is 0.913. The van der Waals surface area contributed by atoms with Gasteiger partial charge in [0.15, 0.2) is 0 Å². The van der Waals surface area contributed by atoms with E-state index in [0.29, 0.717) is 6.61 Å². The van der Waals surface area contributed by atoms with Gasteiger partial charge in [-0.1, -0.05) is 58.6 Å². The van der Waals surface area contributed by atoms with Gasteiger partial charge in [-0.3, -0.25) is 4.79 Å². The van der Waals surface area contributed by atoms with Crippen LogP contribution >= 0.6 is 15.9 Å². The van der Waals surface area contributed by atoms with Gasteiger partial charge in [-0.25, -0.2) is 0 Å². The molecule has 132 valence electrons. The molecule has 0 aliphatic heterocycles. The smallest absolute Gasteiger partial charge is 0.235 e. The fourth-order valence-electron chi connectivity index (χ4n) is 3.61. The van der Waals surface area contributed by atoms with Crippen LogP contribution in [0, 0.1) is 6.92 Å². The number of hydrogen-bond acceptors (Lipinski definition) is 2. The second-order valence-electron chi connectivity index (χ2n) is 6.67. The fraction of sp³-hybridized carbons (Fsp3) is 0.381. The van der Waals surface area contributed by atoms with Gasteiger partial charge in [-0.2, -0.15) is 0 Å². The van der Waals surface area contributed by atoms with Crippen molar-refractivity contribution < 1.29 is 9.53 Å². The number of anilines is 1. The lowest BCUT2D eigenvalue weighted by Gasteiger charge is -2.28.